The highest BCUT2D eigenvalue weighted by Gasteiger charge is 2.32. The van der Waals surface area contributed by atoms with Crippen LogP contribution >= 0.6 is 12.4 Å². The third-order valence-corrected chi connectivity index (χ3v) is 6.82. The molecule has 0 saturated carbocycles. The molecule has 3 heterocycles. The highest BCUT2D eigenvalue weighted by molar-refractivity contribution is 5.95. The fourth-order valence-corrected chi connectivity index (χ4v) is 4.61. The first-order chi connectivity index (χ1) is 17.9. The minimum atomic E-state index is -0.329. The van der Waals surface area contributed by atoms with Gasteiger partial charge in [0, 0.05) is 45.8 Å². The number of halogens is 1. The summed E-state index contributed by atoms with van der Waals surface area (Å²) in [7, 11) is 1.93. The van der Waals surface area contributed by atoms with Crippen molar-refractivity contribution in [3.05, 3.63) is 18.6 Å². The summed E-state index contributed by atoms with van der Waals surface area (Å²) < 4.78 is 1.44. The number of nitriles is 1. The second-order valence-electron chi connectivity index (χ2n) is 9.42. The van der Waals surface area contributed by atoms with Crippen molar-refractivity contribution in [1.29, 1.82) is 5.26 Å². The highest BCUT2D eigenvalue weighted by atomic mass is 35.5. The van der Waals surface area contributed by atoms with Crippen molar-refractivity contribution in [3.8, 4) is 6.07 Å². The minimum Gasteiger partial charge on any atom is -0.356 e. The van der Waals surface area contributed by atoms with Gasteiger partial charge in [0.1, 0.15) is 18.6 Å². The molecule has 2 aromatic rings. The Bertz CT molecular complexity index is 1130. The maximum Gasteiger partial charge on any atom is 0.327 e. The Balaban J connectivity index is 0.00000507. The summed E-state index contributed by atoms with van der Waals surface area (Å²) in [6.07, 6.45) is 6.38. The molecule has 0 aromatic carbocycles. The average molecular weight is 548 g/mol. The van der Waals surface area contributed by atoms with E-state index in [-0.39, 0.29) is 42.7 Å². The quantitative estimate of drug-likeness (QED) is 0.357. The van der Waals surface area contributed by atoms with Crippen molar-refractivity contribution in [3.63, 3.8) is 0 Å². The number of hydrogen-bond donors (Lipinski definition) is 3. The number of nitrogens with zero attached hydrogens (tertiary/aromatic N) is 6. The van der Waals surface area contributed by atoms with Crippen LogP contribution in [0.1, 0.15) is 45.4 Å². The third-order valence-electron chi connectivity index (χ3n) is 6.82. The Labute approximate surface area is 229 Å². The number of fused-ring (bicyclic) bond motifs is 1. The Morgan fingerprint density at radius 3 is 2.71 bits per heavy atom. The predicted octanol–water partition coefficient (Wildman–Crippen LogP) is 1.63. The monoisotopic (exact) mass is 547 g/mol. The van der Waals surface area contributed by atoms with E-state index in [1.165, 1.54) is 10.9 Å². The van der Waals surface area contributed by atoms with Crippen molar-refractivity contribution in [2.24, 2.45) is 11.7 Å². The number of nitrogens with one attached hydrogen (secondary N) is 2. The van der Waals surface area contributed by atoms with Gasteiger partial charge in [0.15, 0.2) is 5.65 Å². The standard InChI is InChI=1S/C25H37N9O3.ClH/c1-18-8-14-33(22(36)7-11-27)16-20(18)32(2)23-19-9-15-34(24(19)31-17-30-23)25(37)29-13-5-6-21(35)28-12-4-3-10-26;/h9,15,17-18,20H,3-8,10,12-14,16,26H2,1-2H3,(H,28,35)(H,29,37);1H/t18-,20+;/m1./s1. The number of unbranched alkanes of at least 4 members (excludes halogenated alkanes) is 1. The van der Waals surface area contributed by atoms with Gasteiger partial charge in [0.2, 0.25) is 11.8 Å². The number of piperidine rings is 1. The summed E-state index contributed by atoms with van der Waals surface area (Å²) in [4.78, 5) is 49.6. The summed E-state index contributed by atoms with van der Waals surface area (Å²) in [5, 5.41) is 15.3. The molecule has 2 atom stereocenters. The first kappa shape index (κ1) is 30.8. The van der Waals surface area contributed by atoms with E-state index in [1.807, 2.05) is 24.1 Å². The fourth-order valence-electron chi connectivity index (χ4n) is 4.61. The van der Waals surface area contributed by atoms with E-state index in [1.54, 1.807) is 11.1 Å². The number of nitrogens with two attached hydrogens (primary N) is 1. The Hall–Kier alpha value is -3.43. The largest absolute Gasteiger partial charge is 0.356 e. The number of likely N-dealkylation sites (tertiary alicyclic amines) is 1. The zero-order valence-electron chi connectivity index (χ0n) is 22.1. The maximum atomic E-state index is 12.8. The molecule has 0 unspecified atom stereocenters. The molecule has 1 aliphatic rings. The van der Waals surface area contributed by atoms with Gasteiger partial charge < -0.3 is 26.2 Å². The van der Waals surface area contributed by atoms with Crippen LogP contribution in [0.4, 0.5) is 10.6 Å². The van der Waals surface area contributed by atoms with E-state index in [4.69, 9.17) is 11.0 Å². The Kier molecular flexibility index (Phi) is 12.2. The number of carbonyl (C=O) groups is 3. The smallest absolute Gasteiger partial charge is 0.327 e. The van der Waals surface area contributed by atoms with E-state index in [0.29, 0.717) is 62.9 Å². The van der Waals surface area contributed by atoms with E-state index < -0.39 is 0 Å². The molecule has 1 aliphatic heterocycles. The molecule has 0 aliphatic carbocycles. The molecule has 3 amide bonds. The molecular weight excluding hydrogens is 510 g/mol. The Morgan fingerprint density at radius 2 is 1.97 bits per heavy atom. The van der Waals surface area contributed by atoms with E-state index in [2.05, 4.69) is 27.5 Å². The average Bonchev–Trinajstić information content (AvgIpc) is 3.33. The van der Waals surface area contributed by atoms with E-state index in [9.17, 15) is 14.4 Å². The lowest BCUT2D eigenvalue weighted by Crippen LogP contribution is -2.52. The van der Waals surface area contributed by atoms with Crippen LogP contribution in [-0.4, -0.2) is 83.1 Å². The topological polar surface area (TPSA) is 162 Å². The number of rotatable bonds is 11. The SMILES string of the molecule is C[C@@H]1CCN(C(=O)CC#N)C[C@@H]1N(C)c1ncnc2c1ccn2C(=O)NCCCC(=O)NCCCCN.Cl. The molecule has 2 aromatic heterocycles. The van der Waals surface area contributed by atoms with Crippen molar-refractivity contribution in [1.82, 2.24) is 30.1 Å². The Morgan fingerprint density at radius 1 is 1.21 bits per heavy atom. The van der Waals surface area contributed by atoms with E-state index >= 15 is 0 Å². The van der Waals surface area contributed by atoms with Gasteiger partial charge in [-0.2, -0.15) is 5.26 Å². The number of amides is 3. The number of likely N-dealkylation sites (N-methyl/N-ethyl adjacent to an activating group) is 1. The van der Waals surface area contributed by atoms with Crippen LogP contribution in [-0.2, 0) is 9.59 Å². The van der Waals surface area contributed by atoms with Gasteiger partial charge >= 0.3 is 6.03 Å². The molecule has 3 rings (SSSR count). The molecule has 4 N–H and O–H groups in total. The lowest BCUT2D eigenvalue weighted by molar-refractivity contribution is -0.131. The van der Waals surface area contributed by atoms with Crippen molar-refractivity contribution >= 4 is 47.1 Å². The molecule has 1 saturated heterocycles. The van der Waals surface area contributed by atoms with Gasteiger partial charge in [-0.3, -0.25) is 14.2 Å². The molecule has 38 heavy (non-hydrogen) atoms. The number of anilines is 1. The van der Waals surface area contributed by atoms with Crippen LogP contribution in [0.5, 0.6) is 0 Å². The maximum absolute atomic E-state index is 12.8. The molecule has 13 heteroatoms. The molecule has 0 spiro atoms. The summed E-state index contributed by atoms with van der Waals surface area (Å²) in [6.45, 7) is 4.87. The van der Waals surface area contributed by atoms with Crippen LogP contribution in [0.15, 0.2) is 18.6 Å². The van der Waals surface area contributed by atoms with Gasteiger partial charge in [-0.25, -0.2) is 14.8 Å². The number of hydrogen-bond acceptors (Lipinski definition) is 8. The summed E-state index contributed by atoms with van der Waals surface area (Å²) >= 11 is 0. The van der Waals surface area contributed by atoms with Crippen LogP contribution in [0.25, 0.3) is 11.0 Å². The summed E-state index contributed by atoms with van der Waals surface area (Å²) in [5.74, 6) is 0.786. The van der Waals surface area contributed by atoms with Crippen LogP contribution < -0.4 is 21.3 Å². The lowest BCUT2D eigenvalue weighted by atomic mass is 9.92. The lowest BCUT2D eigenvalue weighted by Gasteiger charge is -2.42. The summed E-state index contributed by atoms with van der Waals surface area (Å²) in [6, 6.07) is 3.42. The zero-order valence-corrected chi connectivity index (χ0v) is 22.9. The van der Waals surface area contributed by atoms with Crippen LogP contribution in [0.2, 0.25) is 0 Å². The third kappa shape index (κ3) is 7.79. The van der Waals surface area contributed by atoms with Crippen molar-refractivity contribution < 1.29 is 14.4 Å². The second-order valence-corrected chi connectivity index (χ2v) is 9.42. The van der Waals surface area contributed by atoms with Gasteiger partial charge in [-0.1, -0.05) is 6.92 Å². The molecule has 208 valence electrons. The fraction of sp³-hybridized carbons (Fsp3) is 0.600. The van der Waals surface area contributed by atoms with Crippen LogP contribution in [0, 0.1) is 17.2 Å². The number of aromatic nitrogens is 3. The van der Waals surface area contributed by atoms with Crippen LogP contribution in [0.3, 0.4) is 0 Å². The molecule has 1 fully saturated rings. The number of carbonyl (C=O) groups excluding carboxylic acids is 3. The molecule has 12 nitrogen and oxygen atoms in total. The van der Waals surface area contributed by atoms with Gasteiger partial charge in [0.05, 0.1) is 17.5 Å². The highest BCUT2D eigenvalue weighted by Crippen LogP contribution is 2.29. The van der Waals surface area contributed by atoms with Crippen molar-refractivity contribution in [2.75, 3.05) is 44.7 Å². The van der Waals surface area contributed by atoms with Crippen molar-refractivity contribution in [2.45, 2.75) is 51.5 Å². The molecule has 0 bridgehead atoms. The normalized spacial score (nSPS) is 16.8. The molecule has 0 radical (unpaired) electrons. The predicted molar refractivity (Wildman–Crippen MR) is 147 cm³/mol. The van der Waals surface area contributed by atoms with Gasteiger partial charge in [-0.05, 0) is 44.2 Å². The second kappa shape index (κ2) is 15.1. The zero-order chi connectivity index (χ0) is 26.8. The van der Waals surface area contributed by atoms with Gasteiger partial charge in [-0.15, -0.1) is 12.4 Å². The molecular formula is C25H38ClN9O3. The first-order valence-electron chi connectivity index (χ1n) is 12.8. The first-order valence-corrected chi connectivity index (χ1v) is 12.8. The summed E-state index contributed by atoms with van der Waals surface area (Å²) in [5.41, 5.74) is 5.93. The van der Waals surface area contributed by atoms with Gasteiger partial charge in [0.25, 0.3) is 0 Å². The van der Waals surface area contributed by atoms with E-state index in [0.717, 1.165) is 24.6 Å². The minimum absolute atomic E-state index is 0.